The van der Waals surface area contributed by atoms with Crippen LogP contribution in [0.15, 0.2) is 30.3 Å². The third-order valence-corrected chi connectivity index (χ3v) is 2.21. The molecular formula is C10H12N2O. The van der Waals surface area contributed by atoms with E-state index >= 15 is 0 Å². The summed E-state index contributed by atoms with van der Waals surface area (Å²) in [5.41, 5.74) is 1.22. The largest absolute Gasteiger partial charge is 0.353 e. The van der Waals surface area contributed by atoms with Gasteiger partial charge in [-0.1, -0.05) is 30.3 Å². The maximum atomic E-state index is 10.9. The summed E-state index contributed by atoms with van der Waals surface area (Å²) in [5.74, 6) is 0.0761. The fourth-order valence-corrected chi connectivity index (χ4v) is 1.49. The number of carbonyl (C=O) groups is 1. The zero-order valence-electron chi connectivity index (χ0n) is 7.29. The molecule has 0 bridgehead atoms. The van der Waals surface area contributed by atoms with Crippen LogP contribution in [0.1, 0.15) is 11.6 Å². The quantitative estimate of drug-likeness (QED) is 0.652. The molecule has 2 N–H and O–H groups in total. The van der Waals surface area contributed by atoms with Crippen LogP contribution in [0.4, 0.5) is 0 Å². The molecule has 1 aliphatic heterocycles. The predicted octanol–water partition coefficient (Wildman–Crippen LogP) is 0.447. The van der Waals surface area contributed by atoms with E-state index in [2.05, 4.69) is 22.8 Å². The van der Waals surface area contributed by atoms with Crippen molar-refractivity contribution in [2.45, 2.75) is 6.04 Å². The summed E-state index contributed by atoms with van der Waals surface area (Å²) in [7, 11) is 0. The summed E-state index contributed by atoms with van der Waals surface area (Å²) < 4.78 is 0. The second-order valence-corrected chi connectivity index (χ2v) is 3.15. The van der Waals surface area contributed by atoms with E-state index in [1.807, 2.05) is 18.2 Å². The van der Waals surface area contributed by atoms with Gasteiger partial charge in [-0.05, 0) is 5.56 Å². The highest BCUT2D eigenvalue weighted by Crippen LogP contribution is 2.12. The van der Waals surface area contributed by atoms with E-state index in [-0.39, 0.29) is 11.9 Å². The summed E-state index contributed by atoms with van der Waals surface area (Å²) in [6.07, 6.45) is 0. The standard InChI is InChI=1S/C10H12N2O/c13-10-7-11-9(6-12-10)8-4-2-1-3-5-8/h1-5,9,11H,6-7H2,(H,12,13)/t9-/m1/s1. The predicted molar refractivity (Wildman–Crippen MR) is 50.2 cm³/mol. The first kappa shape index (κ1) is 8.26. The van der Waals surface area contributed by atoms with Crippen LogP contribution in [0, 0.1) is 0 Å². The zero-order valence-corrected chi connectivity index (χ0v) is 7.29. The van der Waals surface area contributed by atoms with E-state index in [9.17, 15) is 4.79 Å². The Morgan fingerprint density at radius 2 is 2.00 bits per heavy atom. The summed E-state index contributed by atoms with van der Waals surface area (Å²) in [4.78, 5) is 10.9. The molecule has 1 heterocycles. The number of carbonyl (C=O) groups excluding carboxylic acids is 1. The number of nitrogens with one attached hydrogen (secondary N) is 2. The molecule has 1 fully saturated rings. The Kier molecular flexibility index (Phi) is 2.27. The Bertz CT molecular complexity index is 287. The maximum Gasteiger partial charge on any atom is 0.234 e. The van der Waals surface area contributed by atoms with Crippen molar-refractivity contribution in [2.24, 2.45) is 0 Å². The average Bonchev–Trinajstić information content (AvgIpc) is 2.20. The van der Waals surface area contributed by atoms with Gasteiger partial charge in [-0.15, -0.1) is 0 Å². The molecule has 1 amide bonds. The first-order valence-electron chi connectivity index (χ1n) is 4.41. The fraction of sp³-hybridized carbons (Fsp3) is 0.300. The monoisotopic (exact) mass is 176 g/mol. The molecule has 1 aliphatic rings. The number of amides is 1. The van der Waals surface area contributed by atoms with Gasteiger partial charge in [-0.3, -0.25) is 10.1 Å². The minimum Gasteiger partial charge on any atom is -0.353 e. The molecule has 1 atom stereocenters. The van der Waals surface area contributed by atoms with E-state index in [0.717, 1.165) is 0 Å². The van der Waals surface area contributed by atoms with Gasteiger partial charge in [0, 0.05) is 6.54 Å². The van der Waals surface area contributed by atoms with Crippen molar-refractivity contribution in [3.8, 4) is 0 Å². The smallest absolute Gasteiger partial charge is 0.234 e. The molecule has 1 aromatic carbocycles. The highest BCUT2D eigenvalue weighted by molar-refractivity contribution is 5.78. The number of benzene rings is 1. The molecular weight excluding hydrogens is 164 g/mol. The minimum atomic E-state index is 0.0761. The highest BCUT2D eigenvalue weighted by atomic mass is 16.2. The lowest BCUT2D eigenvalue weighted by Gasteiger charge is -2.24. The minimum absolute atomic E-state index is 0.0761. The van der Waals surface area contributed by atoms with Crippen molar-refractivity contribution in [1.29, 1.82) is 0 Å². The molecule has 0 saturated carbocycles. The van der Waals surface area contributed by atoms with Crippen LogP contribution in [0.3, 0.4) is 0 Å². The molecule has 1 aromatic rings. The Labute approximate surface area is 77.1 Å². The van der Waals surface area contributed by atoms with Crippen LogP contribution in [-0.2, 0) is 4.79 Å². The van der Waals surface area contributed by atoms with Crippen LogP contribution < -0.4 is 10.6 Å². The highest BCUT2D eigenvalue weighted by Gasteiger charge is 2.17. The van der Waals surface area contributed by atoms with Gasteiger partial charge in [0.25, 0.3) is 0 Å². The topological polar surface area (TPSA) is 41.1 Å². The molecule has 0 spiro atoms. The van der Waals surface area contributed by atoms with Gasteiger partial charge < -0.3 is 5.32 Å². The van der Waals surface area contributed by atoms with E-state index in [1.54, 1.807) is 0 Å². The molecule has 3 heteroatoms. The molecule has 0 radical (unpaired) electrons. The molecule has 1 saturated heterocycles. The molecule has 2 rings (SSSR count). The van der Waals surface area contributed by atoms with Crippen molar-refractivity contribution in [3.63, 3.8) is 0 Å². The lowest BCUT2D eigenvalue weighted by atomic mass is 10.1. The fourth-order valence-electron chi connectivity index (χ4n) is 1.49. The van der Waals surface area contributed by atoms with Crippen molar-refractivity contribution in [2.75, 3.05) is 13.1 Å². The Balaban J connectivity index is 2.07. The van der Waals surface area contributed by atoms with E-state index in [4.69, 9.17) is 0 Å². The van der Waals surface area contributed by atoms with Crippen LogP contribution in [0.25, 0.3) is 0 Å². The van der Waals surface area contributed by atoms with Crippen molar-refractivity contribution in [1.82, 2.24) is 10.6 Å². The maximum absolute atomic E-state index is 10.9. The summed E-state index contributed by atoms with van der Waals surface area (Å²) >= 11 is 0. The SMILES string of the molecule is O=C1CN[C@@H](c2ccccc2)CN1. The average molecular weight is 176 g/mol. The first-order chi connectivity index (χ1) is 6.36. The molecule has 13 heavy (non-hydrogen) atoms. The van der Waals surface area contributed by atoms with Crippen molar-refractivity contribution in [3.05, 3.63) is 35.9 Å². The molecule has 68 valence electrons. The van der Waals surface area contributed by atoms with Gasteiger partial charge in [0.15, 0.2) is 0 Å². The van der Waals surface area contributed by atoms with Gasteiger partial charge in [0.05, 0.1) is 12.6 Å². The third kappa shape index (κ3) is 1.87. The van der Waals surface area contributed by atoms with Gasteiger partial charge in [-0.2, -0.15) is 0 Å². The van der Waals surface area contributed by atoms with E-state index in [1.165, 1.54) is 5.56 Å². The second kappa shape index (κ2) is 3.58. The van der Waals surface area contributed by atoms with Gasteiger partial charge in [0.1, 0.15) is 0 Å². The third-order valence-electron chi connectivity index (χ3n) is 2.21. The number of hydrogen-bond acceptors (Lipinski definition) is 2. The number of rotatable bonds is 1. The van der Waals surface area contributed by atoms with Gasteiger partial charge in [-0.25, -0.2) is 0 Å². The molecule has 0 aromatic heterocycles. The van der Waals surface area contributed by atoms with E-state index < -0.39 is 0 Å². The lowest BCUT2D eigenvalue weighted by Crippen LogP contribution is -2.46. The van der Waals surface area contributed by atoms with Crippen molar-refractivity contribution < 1.29 is 4.79 Å². The summed E-state index contributed by atoms with van der Waals surface area (Å²) in [6, 6.07) is 10.4. The van der Waals surface area contributed by atoms with Crippen LogP contribution in [0.5, 0.6) is 0 Å². The Hall–Kier alpha value is -1.35. The summed E-state index contributed by atoms with van der Waals surface area (Å²) in [5, 5.41) is 6.00. The molecule has 0 aliphatic carbocycles. The normalized spacial score (nSPS) is 22.5. The number of hydrogen-bond donors (Lipinski definition) is 2. The zero-order chi connectivity index (χ0) is 9.10. The van der Waals surface area contributed by atoms with Gasteiger partial charge >= 0.3 is 0 Å². The Morgan fingerprint density at radius 1 is 1.23 bits per heavy atom. The van der Waals surface area contributed by atoms with Crippen LogP contribution >= 0.6 is 0 Å². The van der Waals surface area contributed by atoms with Crippen molar-refractivity contribution >= 4 is 5.91 Å². The first-order valence-corrected chi connectivity index (χ1v) is 4.41. The van der Waals surface area contributed by atoms with Crippen LogP contribution in [0.2, 0.25) is 0 Å². The lowest BCUT2D eigenvalue weighted by molar-refractivity contribution is -0.121. The van der Waals surface area contributed by atoms with Crippen LogP contribution in [-0.4, -0.2) is 19.0 Å². The molecule has 0 unspecified atom stereocenters. The second-order valence-electron chi connectivity index (χ2n) is 3.15. The van der Waals surface area contributed by atoms with E-state index in [0.29, 0.717) is 13.1 Å². The Morgan fingerprint density at radius 3 is 2.62 bits per heavy atom. The van der Waals surface area contributed by atoms with Gasteiger partial charge in [0.2, 0.25) is 5.91 Å². The molecule has 3 nitrogen and oxygen atoms in total. The summed E-state index contributed by atoms with van der Waals surface area (Å²) in [6.45, 7) is 1.10. The number of piperazine rings is 1.